The van der Waals surface area contributed by atoms with Crippen molar-refractivity contribution in [2.75, 3.05) is 13.2 Å². The second-order valence-electron chi connectivity index (χ2n) is 5.99. The molecule has 0 aliphatic carbocycles. The molecular weight excluding hydrogens is 392 g/mol. The van der Waals surface area contributed by atoms with Crippen LogP contribution in [0.2, 0.25) is 0 Å². The number of benzene rings is 2. The summed E-state index contributed by atoms with van der Waals surface area (Å²) < 4.78 is 11.5. The molecule has 2 aromatic carbocycles. The van der Waals surface area contributed by atoms with Crippen molar-refractivity contribution in [3.63, 3.8) is 0 Å². The number of fused-ring (bicyclic) bond motifs is 1. The third-order valence-corrected chi connectivity index (χ3v) is 4.01. The van der Waals surface area contributed by atoms with Gasteiger partial charge >= 0.3 is 11.4 Å². The number of hydrogen-bond donors (Lipinski definition) is 1. The van der Waals surface area contributed by atoms with Gasteiger partial charge in [-0.15, -0.1) is 4.68 Å². The molecule has 0 saturated carbocycles. The Balaban J connectivity index is 2.10. The zero-order chi connectivity index (χ0) is 21.7. The number of para-hydroxylation sites is 1. The lowest BCUT2D eigenvalue weighted by atomic mass is 10.2. The lowest BCUT2D eigenvalue weighted by Crippen LogP contribution is -2.32. The Hall–Kier alpha value is -4.21. The topological polar surface area (TPSA) is 129 Å². The molecule has 0 radical (unpaired) electrons. The summed E-state index contributed by atoms with van der Waals surface area (Å²) in [6.07, 6.45) is 2.62. The van der Waals surface area contributed by atoms with E-state index in [0.29, 0.717) is 10.2 Å². The largest absolute Gasteiger partial charge is 0.490 e. The van der Waals surface area contributed by atoms with Crippen molar-refractivity contribution in [3.8, 4) is 11.5 Å². The summed E-state index contributed by atoms with van der Waals surface area (Å²) in [5, 5.41) is 15.7. The van der Waals surface area contributed by atoms with Crippen LogP contribution in [0.4, 0.5) is 5.69 Å². The van der Waals surface area contributed by atoms with Crippen molar-refractivity contribution in [1.82, 2.24) is 9.66 Å². The molecule has 0 fully saturated rings. The Labute approximate surface area is 169 Å². The van der Waals surface area contributed by atoms with Gasteiger partial charge in [-0.2, -0.15) is 5.10 Å². The lowest BCUT2D eigenvalue weighted by molar-refractivity contribution is -0.385. The molecular formula is C20H18N4O6. The normalized spacial score (nSPS) is 11.0. The number of hydrogen-bond acceptors (Lipinski definition) is 7. The van der Waals surface area contributed by atoms with Crippen molar-refractivity contribution in [1.29, 1.82) is 0 Å². The first kappa shape index (κ1) is 20.5. The van der Waals surface area contributed by atoms with Gasteiger partial charge in [-0.1, -0.05) is 24.8 Å². The number of H-pyrrole nitrogens is 1. The highest BCUT2D eigenvalue weighted by Gasteiger charge is 2.22. The second kappa shape index (κ2) is 8.86. The van der Waals surface area contributed by atoms with Gasteiger partial charge in [-0.3, -0.25) is 14.9 Å². The monoisotopic (exact) mass is 410 g/mol. The Kier molecular flexibility index (Phi) is 6.06. The van der Waals surface area contributed by atoms with Crippen molar-refractivity contribution >= 4 is 22.8 Å². The fraction of sp³-hybridized carbons (Fsp3) is 0.150. The van der Waals surface area contributed by atoms with Gasteiger partial charge < -0.3 is 14.5 Å². The van der Waals surface area contributed by atoms with E-state index in [-0.39, 0.29) is 41.3 Å². The van der Waals surface area contributed by atoms with E-state index < -0.39 is 16.2 Å². The van der Waals surface area contributed by atoms with Crippen LogP contribution in [0.3, 0.4) is 0 Å². The molecule has 10 nitrogen and oxygen atoms in total. The maximum absolute atomic E-state index is 12.6. The number of nitro benzene ring substituents is 1. The quantitative estimate of drug-likeness (QED) is 0.263. The van der Waals surface area contributed by atoms with Crippen LogP contribution in [0.1, 0.15) is 12.5 Å². The highest BCUT2D eigenvalue weighted by Crippen LogP contribution is 2.38. The van der Waals surface area contributed by atoms with Crippen LogP contribution in [0.25, 0.3) is 10.9 Å². The third-order valence-electron chi connectivity index (χ3n) is 4.01. The minimum absolute atomic E-state index is 0.0420. The highest BCUT2D eigenvalue weighted by molar-refractivity contribution is 5.83. The second-order valence-corrected chi connectivity index (χ2v) is 5.99. The number of aromatic amines is 1. The molecule has 0 aliphatic heterocycles. The van der Waals surface area contributed by atoms with E-state index in [1.54, 1.807) is 31.2 Å². The Morgan fingerprint density at radius 1 is 1.27 bits per heavy atom. The number of aromatic nitrogens is 2. The molecule has 0 spiro atoms. The molecule has 30 heavy (non-hydrogen) atoms. The molecule has 1 heterocycles. The first-order chi connectivity index (χ1) is 14.5. The molecule has 10 heteroatoms. The summed E-state index contributed by atoms with van der Waals surface area (Å²) in [6, 6.07) is 9.20. The summed E-state index contributed by atoms with van der Waals surface area (Å²) in [5.41, 5.74) is -1.06. The van der Waals surface area contributed by atoms with Crippen molar-refractivity contribution < 1.29 is 14.4 Å². The van der Waals surface area contributed by atoms with E-state index in [9.17, 15) is 19.7 Å². The minimum atomic E-state index is -0.736. The van der Waals surface area contributed by atoms with Gasteiger partial charge in [0.1, 0.15) is 6.61 Å². The van der Waals surface area contributed by atoms with E-state index in [0.717, 1.165) is 6.21 Å². The zero-order valence-electron chi connectivity index (χ0n) is 16.0. The van der Waals surface area contributed by atoms with Gasteiger partial charge in [-0.25, -0.2) is 4.79 Å². The molecule has 0 unspecified atom stereocenters. The number of nitrogens with zero attached hydrogens (tertiary/aromatic N) is 3. The predicted molar refractivity (Wildman–Crippen MR) is 112 cm³/mol. The van der Waals surface area contributed by atoms with Gasteiger partial charge in [0.2, 0.25) is 5.75 Å². The van der Waals surface area contributed by atoms with E-state index >= 15 is 0 Å². The van der Waals surface area contributed by atoms with Gasteiger partial charge in [0.25, 0.3) is 5.56 Å². The van der Waals surface area contributed by atoms with E-state index in [1.807, 2.05) is 0 Å². The van der Waals surface area contributed by atoms with Crippen LogP contribution in [0, 0.1) is 10.1 Å². The summed E-state index contributed by atoms with van der Waals surface area (Å²) in [5.74, 6) is 0.0920. The Morgan fingerprint density at radius 3 is 2.73 bits per heavy atom. The first-order valence-corrected chi connectivity index (χ1v) is 8.93. The van der Waals surface area contributed by atoms with Crippen molar-refractivity contribution in [3.05, 3.63) is 85.6 Å². The number of rotatable bonds is 8. The average molecular weight is 410 g/mol. The number of nitro groups is 1. The Bertz CT molecular complexity index is 1260. The fourth-order valence-electron chi connectivity index (χ4n) is 2.75. The smallest absolute Gasteiger partial charge is 0.349 e. The highest BCUT2D eigenvalue weighted by atomic mass is 16.6. The lowest BCUT2D eigenvalue weighted by Gasteiger charge is -2.12. The van der Waals surface area contributed by atoms with Crippen LogP contribution < -0.4 is 20.7 Å². The minimum Gasteiger partial charge on any atom is -0.490 e. The molecule has 0 amide bonds. The number of nitrogens with one attached hydrogen (secondary N) is 1. The fourth-order valence-corrected chi connectivity index (χ4v) is 2.75. The van der Waals surface area contributed by atoms with Crippen LogP contribution in [-0.2, 0) is 0 Å². The van der Waals surface area contributed by atoms with Gasteiger partial charge in [0, 0.05) is 11.6 Å². The maximum Gasteiger partial charge on any atom is 0.349 e. The molecule has 3 rings (SSSR count). The van der Waals surface area contributed by atoms with Crippen molar-refractivity contribution in [2.45, 2.75) is 6.92 Å². The molecule has 0 saturated heterocycles. The average Bonchev–Trinajstić information content (AvgIpc) is 2.72. The maximum atomic E-state index is 12.6. The Morgan fingerprint density at radius 2 is 2.03 bits per heavy atom. The van der Waals surface area contributed by atoms with Crippen LogP contribution in [0.5, 0.6) is 11.5 Å². The molecule has 3 aromatic rings. The molecule has 0 bridgehead atoms. The van der Waals surface area contributed by atoms with E-state index in [1.165, 1.54) is 18.2 Å². The molecule has 0 atom stereocenters. The molecule has 1 aromatic heterocycles. The molecule has 0 aliphatic rings. The van der Waals surface area contributed by atoms with Gasteiger partial charge in [-0.05, 0) is 25.1 Å². The summed E-state index contributed by atoms with van der Waals surface area (Å²) in [7, 11) is 0. The summed E-state index contributed by atoms with van der Waals surface area (Å²) in [6.45, 7) is 5.54. The summed E-state index contributed by atoms with van der Waals surface area (Å²) >= 11 is 0. The molecule has 1 N–H and O–H groups in total. The van der Waals surface area contributed by atoms with Crippen molar-refractivity contribution in [2.24, 2.45) is 5.10 Å². The first-order valence-electron chi connectivity index (χ1n) is 8.93. The SMILES string of the molecule is C=CCOc1c(OCC)cc(C=Nn2c(=O)[nH]c3ccccc3c2=O)cc1[N+](=O)[O-]. The van der Waals surface area contributed by atoms with Crippen LogP contribution in [0.15, 0.2) is 63.7 Å². The van der Waals surface area contributed by atoms with Crippen LogP contribution in [-0.4, -0.2) is 34.0 Å². The van der Waals surface area contributed by atoms with Gasteiger partial charge in [0.05, 0.1) is 28.6 Å². The molecule has 154 valence electrons. The predicted octanol–water partition coefficient (Wildman–Crippen LogP) is 2.44. The zero-order valence-corrected chi connectivity index (χ0v) is 16.0. The van der Waals surface area contributed by atoms with E-state index in [2.05, 4.69) is 16.7 Å². The summed E-state index contributed by atoms with van der Waals surface area (Å²) in [4.78, 5) is 38.2. The third kappa shape index (κ3) is 4.12. The standard InChI is InChI=1S/C20H18N4O6/c1-3-9-30-18-16(24(27)28)10-13(11-17(18)29-4-2)12-21-23-19(25)14-7-5-6-8-15(14)22-20(23)26/h3,5-8,10-12H,1,4,9H2,2H3,(H,22,26). The number of ether oxygens (including phenoxy) is 2. The van der Waals surface area contributed by atoms with Gasteiger partial charge in [0.15, 0.2) is 5.75 Å². The van der Waals surface area contributed by atoms with E-state index in [4.69, 9.17) is 9.47 Å². The van der Waals surface area contributed by atoms with Crippen LogP contribution >= 0.6 is 0 Å².